The molecule has 1 aromatic rings. The van der Waals surface area contributed by atoms with Crippen molar-refractivity contribution in [1.29, 1.82) is 0 Å². The molecule has 0 saturated carbocycles. The third kappa shape index (κ3) is 2.57. The zero-order valence-electron chi connectivity index (χ0n) is 7.76. The molecule has 0 atom stereocenters. The molecule has 68 valence electrons. The topological polar surface area (TPSA) is 39.2 Å². The van der Waals surface area contributed by atoms with Crippen LogP contribution in [0.4, 0.5) is 0 Å². The number of thioether (sulfide) groups is 1. The number of hydrogen-bond acceptors (Lipinski definition) is 3. The van der Waals surface area contributed by atoms with E-state index >= 15 is 0 Å². The Kier molecular flexibility index (Phi) is 2.85. The van der Waals surface area contributed by atoms with Crippen LogP contribution in [-0.2, 0) is 0 Å². The van der Waals surface area contributed by atoms with E-state index in [-0.39, 0.29) is 4.75 Å². The quantitative estimate of drug-likeness (QED) is 0.735. The highest BCUT2D eigenvalue weighted by Gasteiger charge is 2.18. The molecule has 0 aliphatic heterocycles. The molecule has 1 rings (SSSR count). The molecule has 2 nitrogen and oxygen atoms in total. The fourth-order valence-corrected chi connectivity index (χ4v) is 1.72. The summed E-state index contributed by atoms with van der Waals surface area (Å²) in [7, 11) is 0. The van der Waals surface area contributed by atoms with E-state index < -0.39 is 0 Å². The fraction of sp³-hybridized carbons (Fsp3) is 0.556. The van der Waals surface area contributed by atoms with Crippen LogP contribution in [0.25, 0.3) is 0 Å². The van der Waals surface area contributed by atoms with Crippen LogP contribution in [0.3, 0.4) is 0 Å². The Morgan fingerprint density at radius 2 is 2.17 bits per heavy atom. The van der Waals surface area contributed by atoms with Crippen LogP contribution < -0.4 is 5.73 Å². The molecule has 0 saturated heterocycles. The van der Waals surface area contributed by atoms with E-state index in [1.165, 1.54) is 0 Å². The highest BCUT2D eigenvalue weighted by atomic mass is 32.2. The van der Waals surface area contributed by atoms with Crippen LogP contribution in [0.5, 0.6) is 0 Å². The van der Waals surface area contributed by atoms with Crippen molar-refractivity contribution in [2.75, 3.05) is 6.54 Å². The molecule has 0 unspecified atom stereocenters. The average Bonchev–Trinajstić information content (AvgIpc) is 2.35. The summed E-state index contributed by atoms with van der Waals surface area (Å²) in [6.45, 7) is 6.81. The SMILES string of the molecule is Cc1ccc(SC(C)(C)CN)o1. The monoisotopic (exact) mass is 185 g/mol. The third-order valence-corrected chi connectivity index (χ3v) is 2.72. The van der Waals surface area contributed by atoms with Gasteiger partial charge in [0, 0.05) is 11.3 Å². The molecule has 0 radical (unpaired) electrons. The molecule has 1 heterocycles. The largest absolute Gasteiger partial charge is 0.455 e. The number of furan rings is 1. The van der Waals surface area contributed by atoms with Crippen LogP contribution in [0, 0.1) is 6.92 Å². The zero-order valence-corrected chi connectivity index (χ0v) is 8.57. The van der Waals surface area contributed by atoms with Gasteiger partial charge in [0.05, 0.1) is 0 Å². The minimum absolute atomic E-state index is 0.0598. The minimum Gasteiger partial charge on any atom is -0.455 e. The Hall–Kier alpha value is -0.410. The maximum atomic E-state index is 5.60. The first kappa shape index (κ1) is 9.68. The van der Waals surface area contributed by atoms with Crippen LogP contribution >= 0.6 is 11.8 Å². The van der Waals surface area contributed by atoms with Crippen molar-refractivity contribution >= 4 is 11.8 Å². The van der Waals surface area contributed by atoms with E-state index in [4.69, 9.17) is 10.2 Å². The summed E-state index contributed by atoms with van der Waals surface area (Å²) in [6, 6.07) is 3.95. The lowest BCUT2D eigenvalue weighted by molar-refractivity contribution is 0.446. The van der Waals surface area contributed by atoms with Crippen LogP contribution in [0.2, 0.25) is 0 Å². The van der Waals surface area contributed by atoms with Gasteiger partial charge in [0.25, 0.3) is 0 Å². The van der Waals surface area contributed by atoms with E-state index in [9.17, 15) is 0 Å². The first-order valence-electron chi connectivity index (χ1n) is 3.99. The molecule has 0 amide bonds. The second-order valence-electron chi connectivity index (χ2n) is 3.43. The van der Waals surface area contributed by atoms with Crippen LogP contribution in [0.1, 0.15) is 19.6 Å². The molecule has 0 aliphatic carbocycles. The van der Waals surface area contributed by atoms with Gasteiger partial charge < -0.3 is 10.2 Å². The van der Waals surface area contributed by atoms with Gasteiger partial charge in [0.15, 0.2) is 5.09 Å². The first-order chi connectivity index (χ1) is 5.53. The van der Waals surface area contributed by atoms with Crippen LogP contribution in [0.15, 0.2) is 21.6 Å². The van der Waals surface area contributed by atoms with Gasteiger partial charge in [-0.05, 0) is 32.9 Å². The summed E-state index contributed by atoms with van der Waals surface area (Å²) >= 11 is 1.68. The second kappa shape index (κ2) is 3.54. The summed E-state index contributed by atoms with van der Waals surface area (Å²) in [6.07, 6.45) is 0. The van der Waals surface area contributed by atoms with Crippen LogP contribution in [-0.4, -0.2) is 11.3 Å². The third-order valence-electron chi connectivity index (χ3n) is 1.58. The standard InChI is InChI=1S/C9H15NOS/c1-7-4-5-8(11-7)12-9(2,3)6-10/h4-5H,6,10H2,1-3H3. The summed E-state index contributed by atoms with van der Waals surface area (Å²) in [5.74, 6) is 0.949. The van der Waals surface area contributed by atoms with Gasteiger partial charge in [-0.25, -0.2) is 0 Å². The highest BCUT2D eigenvalue weighted by molar-refractivity contribution is 8.00. The summed E-state index contributed by atoms with van der Waals surface area (Å²) in [5, 5.41) is 0.947. The maximum Gasteiger partial charge on any atom is 0.160 e. The molecule has 1 aromatic heterocycles. The van der Waals surface area contributed by atoms with Gasteiger partial charge in [-0.1, -0.05) is 11.8 Å². The van der Waals surface area contributed by atoms with Gasteiger partial charge in [-0.2, -0.15) is 0 Å². The van der Waals surface area contributed by atoms with E-state index in [1.807, 2.05) is 19.1 Å². The van der Waals surface area contributed by atoms with Gasteiger partial charge >= 0.3 is 0 Å². The van der Waals surface area contributed by atoms with Crippen molar-refractivity contribution in [3.8, 4) is 0 Å². The molecule has 12 heavy (non-hydrogen) atoms. The highest BCUT2D eigenvalue weighted by Crippen LogP contribution is 2.32. The van der Waals surface area contributed by atoms with Gasteiger partial charge in [-0.3, -0.25) is 0 Å². The lowest BCUT2D eigenvalue weighted by Crippen LogP contribution is -2.26. The van der Waals surface area contributed by atoms with E-state index in [2.05, 4.69) is 13.8 Å². The lowest BCUT2D eigenvalue weighted by atomic mass is 10.2. The number of nitrogens with two attached hydrogens (primary N) is 1. The molecule has 2 N–H and O–H groups in total. The van der Waals surface area contributed by atoms with Crippen molar-refractivity contribution in [1.82, 2.24) is 0 Å². The Morgan fingerprint density at radius 3 is 2.58 bits per heavy atom. The fourth-order valence-electron chi connectivity index (χ4n) is 0.781. The minimum atomic E-state index is 0.0598. The van der Waals surface area contributed by atoms with E-state index in [0.29, 0.717) is 6.54 Å². The Balaban J connectivity index is 2.63. The summed E-state index contributed by atoms with van der Waals surface area (Å²) in [5.41, 5.74) is 5.60. The average molecular weight is 185 g/mol. The second-order valence-corrected chi connectivity index (χ2v) is 5.14. The number of hydrogen-bond donors (Lipinski definition) is 1. The Bertz CT molecular complexity index is 255. The number of rotatable bonds is 3. The van der Waals surface area contributed by atoms with Crippen molar-refractivity contribution in [2.24, 2.45) is 5.73 Å². The van der Waals surface area contributed by atoms with Gasteiger partial charge in [-0.15, -0.1) is 0 Å². The smallest absolute Gasteiger partial charge is 0.160 e. The van der Waals surface area contributed by atoms with Crippen molar-refractivity contribution in [3.63, 3.8) is 0 Å². The normalized spacial score (nSPS) is 12.0. The molecule has 0 aromatic carbocycles. The zero-order chi connectivity index (χ0) is 9.19. The van der Waals surface area contributed by atoms with E-state index in [0.717, 1.165) is 10.9 Å². The molecule has 0 aliphatic rings. The molecule has 0 spiro atoms. The maximum absolute atomic E-state index is 5.60. The first-order valence-corrected chi connectivity index (χ1v) is 4.81. The molecular formula is C9H15NOS. The number of aryl methyl sites for hydroxylation is 1. The van der Waals surface area contributed by atoms with Crippen molar-refractivity contribution in [2.45, 2.75) is 30.6 Å². The van der Waals surface area contributed by atoms with E-state index in [1.54, 1.807) is 11.8 Å². The molecule has 0 fully saturated rings. The Labute approximate surface area is 77.5 Å². The lowest BCUT2D eigenvalue weighted by Gasteiger charge is -2.19. The summed E-state index contributed by atoms with van der Waals surface area (Å²) in [4.78, 5) is 0. The van der Waals surface area contributed by atoms with Crippen molar-refractivity contribution in [3.05, 3.63) is 17.9 Å². The molecular weight excluding hydrogens is 170 g/mol. The molecule has 0 bridgehead atoms. The summed E-state index contributed by atoms with van der Waals surface area (Å²) < 4.78 is 5.49. The van der Waals surface area contributed by atoms with Gasteiger partial charge in [0.1, 0.15) is 5.76 Å². The predicted octanol–water partition coefficient (Wildman–Crippen LogP) is 2.42. The van der Waals surface area contributed by atoms with Gasteiger partial charge in [0.2, 0.25) is 0 Å². The Morgan fingerprint density at radius 1 is 1.50 bits per heavy atom. The predicted molar refractivity (Wildman–Crippen MR) is 52.4 cm³/mol. The molecule has 3 heteroatoms. The van der Waals surface area contributed by atoms with Crippen molar-refractivity contribution < 1.29 is 4.42 Å².